The van der Waals surface area contributed by atoms with Gasteiger partial charge in [0.2, 0.25) is 5.91 Å². The van der Waals surface area contributed by atoms with Crippen LogP contribution < -0.4 is 5.32 Å². The summed E-state index contributed by atoms with van der Waals surface area (Å²) in [7, 11) is 0. The van der Waals surface area contributed by atoms with Crippen molar-refractivity contribution in [2.24, 2.45) is 5.92 Å². The van der Waals surface area contributed by atoms with Crippen molar-refractivity contribution in [3.63, 3.8) is 0 Å². The molecule has 2 fully saturated rings. The van der Waals surface area contributed by atoms with E-state index in [1.165, 1.54) is 0 Å². The molecule has 2 saturated heterocycles. The van der Waals surface area contributed by atoms with E-state index in [9.17, 15) is 14.4 Å². The SMILES string of the molecule is CC1CCCN(C(=O)CN2C(=O)NC(C)(c3ccccc3)C2=O)C1. The molecular formula is C18H23N3O3. The zero-order chi connectivity index (χ0) is 17.3. The largest absolute Gasteiger partial charge is 0.341 e. The van der Waals surface area contributed by atoms with E-state index in [-0.39, 0.29) is 18.4 Å². The van der Waals surface area contributed by atoms with E-state index < -0.39 is 11.6 Å². The highest BCUT2D eigenvalue weighted by Crippen LogP contribution is 2.28. The van der Waals surface area contributed by atoms with Crippen LogP contribution in [0.2, 0.25) is 0 Å². The molecule has 0 spiro atoms. The normalized spacial score (nSPS) is 27.3. The molecule has 128 valence electrons. The van der Waals surface area contributed by atoms with Crippen LogP contribution in [0.4, 0.5) is 4.79 Å². The van der Waals surface area contributed by atoms with Crippen molar-refractivity contribution in [2.75, 3.05) is 19.6 Å². The fraction of sp³-hybridized carbons (Fsp3) is 0.500. The Bertz CT molecular complexity index is 661. The van der Waals surface area contributed by atoms with E-state index in [0.717, 1.165) is 17.7 Å². The molecule has 1 aromatic carbocycles. The molecular weight excluding hydrogens is 306 g/mol. The fourth-order valence-corrected chi connectivity index (χ4v) is 3.46. The minimum atomic E-state index is -1.12. The van der Waals surface area contributed by atoms with Crippen molar-refractivity contribution in [1.29, 1.82) is 0 Å². The van der Waals surface area contributed by atoms with Crippen molar-refractivity contribution in [1.82, 2.24) is 15.1 Å². The number of benzene rings is 1. The van der Waals surface area contributed by atoms with Gasteiger partial charge in [-0.15, -0.1) is 0 Å². The highest BCUT2D eigenvalue weighted by atomic mass is 16.2. The first-order valence-corrected chi connectivity index (χ1v) is 8.39. The summed E-state index contributed by atoms with van der Waals surface area (Å²) in [5, 5.41) is 2.73. The van der Waals surface area contributed by atoms with Gasteiger partial charge in [0.05, 0.1) is 0 Å². The Morgan fingerprint density at radius 3 is 2.67 bits per heavy atom. The van der Waals surface area contributed by atoms with E-state index in [1.807, 2.05) is 18.2 Å². The number of urea groups is 1. The second-order valence-corrected chi connectivity index (χ2v) is 6.90. The molecule has 0 aromatic heterocycles. The third-order valence-electron chi connectivity index (χ3n) is 4.93. The second kappa shape index (κ2) is 6.26. The Balaban J connectivity index is 1.74. The lowest BCUT2D eigenvalue weighted by atomic mass is 9.92. The molecule has 2 aliphatic heterocycles. The minimum Gasteiger partial charge on any atom is -0.341 e. The van der Waals surface area contributed by atoms with E-state index in [4.69, 9.17) is 0 Å². The van der Waals surface area contributed by atoms with Crippen molar-refractivity contribution in [2.45, 2.75) is 32.2 Å². The summed E-state index contributed by atoms with van der Waals surface area (Å²) in [6.45, 7) is 4.98. The van der Waals surface area contributed by atoms with Crippen LogP contribution in [0.1, 0.15) is 32.3 Å². The number of rotatable bonds is 3. The lowest BCUT2D eigenvalue weighted by Gasteiger charge is -2.31. The van der Waals surface area contributed by atoms with Crippen LogP contribution in [0.15, 0.2) is 30.3 Å². The van der Waals surface area contributed by atoms with Gasteiger partial charge in [-0.3, -0.25) is 14.5 Å². The number of hydrogen-bond acceptors (Lipinski definition) is 3. The Labute approximate surface area is 141 Å². The number of likely N-dealkylation sites (tertiary alicyclic amines) is 1. The van der Waals surface area contributed by atoms with Gasteiger partial charge in [0.25, 0.3) is 5.91 Å². The Morgan fingerprint density at radius 2 is 2.00 bits per heavy atom. The van der Waals surface area contributed by atoms with Crippen LogP contribution in [0.3, 0.4) is 0 Å². The van der Waals surface area contributed by atoms with E-state index in [1.54, 1.807) is 24.0 Å². The van der Waals surface area contributed by atoms with E-state index in [0.29, 0.717) is 24.6 Å². The zero-order valence-corrected chi connectivity index (χ0v) is 14.1. The molecule has 1 aromatic rings. The van der Waals surface area contributed by atoms with Gasteiger partial charge in [-0.2, -0.15) is 0 Å². The van der Waals surface area contributed by atoms with Crippen molar-refractivity contribution >= 4 is 17.8 Å². The summed E-state index contributed by atoms with van der Waals surface area (Å²) in [4.78, 5) is 40.4. The number of carbonyl (C=O) groups excluding carboxylic acids is 3. The zero-order valence-electron chi connectivity index (χ0n) is 14.1. The van der Waals surface area contributed by atoms with Gasteiger partial charge in [-0.25, -0.2) is 4.79 Å². The number of hydrogen-bond donors (Lipinski definition) is 1. The summed E-state index contributed by atoms with van der Waals surface area (Å²) < 4.78 is 0. The van der Waals surface area contributed by atoms with Crippen molar-refractivity contribution in [3.05, 3.63) is 35.9 Å². The highest BCUT2D eigenvalue weighted by Gasteiger charge is 2.49. The molecule has 3 rings (SSSR count). The molecule has 2 unspecified atom stereocenters. The van der Waals surface area contributed by atoms with Crippen molar-refractivity contribution < 1.29 is 14.4 Å². The van der Waals surface area contributed by atoms with Gasteiger partial charge in [0.15, 0.2) is 0 Å². The van der Waals surface area contributed by atoms with Crippen LogP contribution >= 0.6 is 0 Å². The molecule has 6 nitrogen and oxygen atoms in total. The monoisotopic (exact) mass is 329 g/mol. The maximum Gasteiger partial charge on any atom is 0.325 e. The van der Waals surface area contributed by atoms with Gasteiger partial charge in [-0.05, 0) is 31.2 Å². The summed E-state index contributed by atoms with van der Waals surface area (Å²) in [5.74, 6) is -0.0835. The van der Waals surface area contributed by atoms with Crippen LogP contribution in [-0.2, 0) is 15.1 Å². The lowest BCUT2D eigenvalue weighted by molar-refractivity contribution is -0.139. The van der Waals surface area contributed by atoms with Crippen LogP contribution in [0, 0.1) is 5.92 Å². The molecule has 4 amide bonds. The highest BCUT2D eigenvalue weighted by molar-refractivity contribution is 6.09. The molecule has 24 heavy (non-hydrogen) atoms. The topological polar surface area (TPSA) is 69.7 Å². The number of nitrogens with one attached hydrogen (secondary N) is 1. The van der Waals surface area contributed by atoms with Crippen LogP contribution in [0.5, 0.6) is 0 Å². The average Bonchev–Trinajstić information content (AvgIpc) is 2.80. The van der Waals surface area contributed by atoms with E-state index >= 15 is 0 Å². The number of imide groups is 1. The third kappa shape index (κ3) is 2.88. The van der Waals surface area contributed by atoms with Gasteiger partial charge in [0.1, 0.15) is 12.1 Å². The number of amides is 4. The number of piperidine rings is 1. The fourth-order valence-electron chi connectivity index (χ4n) is 3.46. The maximum absolute atomic E-state index is 12.8. The maximum atomic E-state index is 12.8. The molecule has 2 aliphatic rings. The molecule has 2 atom stereocenters. The predicted octanol–water partition coefficient (Wildman–Crippen LogP) is 1.71. The minimum absolute atomic E-state index is 0.164. The molecule has 1 N–H and O–H groups in total. The molecule has 0 radical (unpaired) electrons. The molecule has 0 aliphatic carbocycles. The lowest BCUT2D eigenvalue weighted by Crippen LogP contribution is -2.47. The van der Waals surface area contributed by atoms with Gasteiger partial charge >= 0.3 is 6.03 Å². The van der Waals surface area contributed by atoms with Gasteiger partial charge in [-0.1, -0.05) is 37.3 Å². The Morgan fingerprint density at radius 1 is 1.29 bits per heavy atom. The molecule has 2 heterocycles. The smallest absolute Gasteiger partial charge is 0.325 e. The summed E-state index contributed by atoms with van der Waals surface area (Å²) in [6.07, 6.45) is 2.08. The van der Waals surface area contributed by atoms with Crippen molar-refractivity contribution in [3.8, 4) is 0 Å². The summed E-state index contributed by atoms with van der Waals surface area (Å²) in [5.41, 5.74) is -0.404. The quantitative estimate of drug-likeness (QED) is 0.858. The molecule has 6 heteroatoms. The van der Waals surface area contributed by atoms with Gasteiger partial charge in [0, 0.05) is 13.1 Å². The number of nitrogens with zero attached hydrogens (tertiary/aromatic N) is 2. The third-order valence-corrected chi connectivity index (χ3v) is 4.93. The second-order valence-electron chi connectivity index (χ2n) is 6.90. The first-order valence-electron chi connectivity index (χ1n) is 8.39. The standard InChI is InChI=1S/C18H23N3O3/c1-13-7-6-10-20(11-13)15(22)12-21-16(23)18(2,19-17(21)24)14-8-4-3-5-9-14/h3-5,8-9,13H,6-7,10-12H2,1-2H3,(H,19,24). The summed E-state index contributed by atoms with van der Waals surface area (Å²) in [6, 6.07) is 8.59. The van der Waals surface area contributed by atoms with Crippen LogP contribution in [0.25, 0.3) is 0 Å². The number of carbonyl (C=O) groups is 3. The van der Waals surface area contributed by atoms with Gasteiger partial charge < -0.3 is 10.2 Å². The van der Waals surface area contributed by atoms with Crippen LogP contribution in [-0.4, -0.2) is 47.3 Å². The average molecular weight is 329 g/mol. The summed E-state index contributed by atoms with van der Waals surface area (Å²) >= 11 is 0. The molecule has 0 bridgehead atoms. The first-order chi connectivity index (χ1) is 11.4. The Hall–Kier alpha value is -2.37. The first kappa shape index (κ1) is 16.5. The molecule has 0 saturated carbocycles. The Kier molecular flexibility index (Phi) is 4.30. The predicted molar refractivity (Wildman–Crippen MR) is 89.0 cm³/mol. The van der Waals surface area contributed by atoms with E-state index in [2.05, 4.69) is 12.2 Å².